The second-order valence-corrected chi connectivity index (χ2v) is 13.9. The lowest BCUT2D eigenvalue weighted by molar-refractivity contribution is -0.138. The van der Waals surface area contributed by atoms with Crippen LogP contribution in [0.2, 0.25) is 13.1 Å². The number of ketones is 2. The minimum atomic E-state index is -0.790. The Morgan fingerprint density at radius 2 is 1.79 bits per heavy atom. The standard InChI is InChI=1S/C25H39O3Si/c1-23(2,3)15-24-12-10-18(26)14-17(24)6-7-19-20-8-9-22(27)25(20,13-11-21(19)24)16-28-29(4)5/h6,19-21H,7-16H2,1-5H3/t19-,20-,21-,24+,25+/m0/s1. The molecule has 1 radical (unpaired) electrons. The number of carbonyl (C=O) groups is 2. The van der Waals surface area contributed by atoms with Gasteiger partial charge in [-0.3, -0.25) is 9.59 Å². The highest BCUT2D eigenvalue weighted by molar-refractivity contribution is 6.48. The zero-order chi connectivity index (χ0) is 21.0. The zero-order valence-electron chi connectivity index (χ0n) is 19.1. The normalized spacial score (nSPS) is 39.8. The van der Waals surface area contributed by atoms with Gasteiger partial charge in [0, 0.05) is 25.9 Å². The Kier molecular flexibility index (Phi) is 5.51. The van der Waals surface area contributed by atoms with Crippen molar-refractivity contribution in [2.24, 2.45) is 34.0 Å². The van der Waals surface area contributed by atoms with Crippen molar-refractivity contribution in [2.45, 2.75) is 91.7 Å². The topological polar surface area (TPSA) is 43.4 Å². The molecule has 0 aromatic carbocycles. The first-order valence-corrected chi connectivity index (χ1v) is 14.2. The van der Waals surface area contributed by atoms with Crippen LogP contribution in [0.4, 0.5) is 0 Å². The van der Waals surface area contributed by atoms with Crippen LogP contribution in [0.15, 0.2) is 11.6 Å². The fourth-order valence-electron chi connectivity index (χ4n) is 7.68. The van der Waals surface area contributed by atoms with E-state index >= 15 is 0 Å². The first-order chi connectivity index (χ1) is 13.6. The summed E-state index contributed by atoms with van der Waals surface area (Å²) in [5.41, 5.74) is 1.65. The average molecular weight is 416 g/mol. The number of hydrogen-bond donors (Lipinski definition) is 0. The van der Waals surface area contributed by atoms with Crippen molar-refractivity contribution in [1.82, 2.24) is 0 Å². The number of fused-ring (bicyclic) bond motifs is 5. The highest BCUT2D eigenvalue weighted by atomic mass is 28.3. The summed E-state index contributed by atoms with van der Waals surface area (Å²) >= 11 is 0. The predicted octanol–water partition coefficient (Wildman–Crippen LogP) is 5.75. The van der Waals surface area contributed by atoms with Crippen molar-refractivity contribution >= 4 is 20.6 Å². The largest absolute Gasteiger partial charge is 0.416 e. The molecular weight excluding hydrogens is 376 g/mol. The van der Waals surface area contributed by atoms with Crippen molar-refractivity contribution in [2.75, 3.05) is 6.61 Å². The first kappa shape index (κ1) is 21.5. The van der Waals surface area contributed by atoms with Gasteiger partial charge in [-0.2, -0.15) is 0 Å². The van der Waals surface area contributed by atoms with Gasteiger partial charge >= 0.3 is 0 Å². The molecular formula is C25H39O3Si. The van der Waals surface area contributed by atoms with Crippen molar-refractivity contribution < 1.29 is 14.0 Å². The summed E-state index contributed by atoms with van der Waals surface area (Å²) in [5, 5.41) is 0. The first-order valence-electron chi connectivity index (χ1n) is 11.7. The Bertz CT molecular complexity index is 718. The summed E-state index contributed by atoms with van der Waals surface area (Å²) in [6.07, 6.45) is 11.0. The van der Waals surface area contributed by atoms with E-state index in [4.69, 9.17) is 4.43 Å². The van der Waals surface area contributed by atoms with Gasteiger partial charge < -0.3 is 4.43 Å². The van der Waals surface area contributed by atoms with Crippen molar-refractivity contribution in [1.29, 1.82) is 0 Å². The van der Waals surface area contributed by atoms with Gasteiger partial charge in [-0.25, -0.2) is 0 Å². The highest BCUT2D eigenvalue weighted by Crippen LogP contribution is 2.66. The maximum atomic E-state index is 13.1. The van der Waals surface area contributed by atoms with E-state index in [1.807, 2.05) is 0 Å². The molecule has 0 aliphatic heterocycles. The minimum Gasteiger partial charge on any atom is -0.416 e. The molecule has 29 heavy (non-hydrogen) atoms. The molecule has 0 saturated heterocycles. The maximum absolute atomic E-state index is 13.1. The Morgan fingerprint density at radius 1 is 1.07 bits per heavy atom. The van der Waals surface area contributed by atoms with Crippen molar-refractivity contribution in [3.05, 3.63) is 11.6 Å². The van der Waals surface area contributed by atoms with E-state index in [9.17, 15) is 9.59 Å². The Labute approximate surface area is 178 Å². The molecule has 0 bridgehead atoms. The van der Waals surface area contributed by atoms with Gasteiger partial charge in [0.1, 0.15) is 11.6 Å². The van der Waals surface area contributed by atoms with Crippen molar-refractivity contribution in [3.63, 3.8) is 0 Å². The zero-order valence-corrected chi connectivity index (χ0v) is 20.1. The van der Waals surface area contributed by atoms with Crippen LogP contribution in [0.1, 0.15) is 78.6 Å². The lowest BCUT2D eigenvalue weighted by Crippen LogP contribution is -2.54. The maximum Gasteiger partial charge on any atom is 0.204 e. The van der Waals surface area contributed by atoms with E-state index in [0.717, 1.165) is 44.9 Å². The SMILES string of the molecule is C[Si](C)OC[C@]12CC[C@H]3[C@@H](CC=C4CC(=O)CC[C@@]43CC(C)(C)C)[C@@H]1CCC2=O. The van der Waals surface area contributed by atoms with Gasteiger partial charge in [-0.05, 0) is 80.2 Å². The number of carbonyl (C=O) groups excluding carboxylic acids is 2. The summed E-state index contributed by atoms with van der Waals surface area (Å²) in [6.45, 7) is 12.1. The molecule has 161 valence electrons. The molecule has 0 N–H and O–H groups in total. The number of rotatable bonds is 4. The summed E-state index contributed by atoms with van der Waals surface area (Å²) in [7, 11) is -0.790. The molecule has 0 heterocycles. The van der Waals surface area contributed by atoms with Gasteiger partial charge in [-0.15, -0.1) is 0 Å². The molecule has 4 heteroatoms. The van der Waals surface area contributed by atoms with Gasteiger partial charge in [0.2, 0.25) is 9.04 Å². The second-order valence-electron chi connectivity index (χ2n) is 11.8. The van der Waals surface area contributed by atoms with E-state index in [1.54, 1.807) is 0 Å². The summed E-state index contributed by atoms with van der Waals surface area (Å²) in [5.74, 6) is 2.59. The van der Waals surface area contributed by atoms with Crippen LogP contribution in [0, 0.1) is 34.0 Å². The molecule has 5 atom stereocenters. The van der Waals surface area contributed by atoms with E-state index in [2.05, 4.69) is 39.9 Å². The molecule has 0 amide bonds. The quantitative estimate of drug-likeness (QED) is 0.433. The fraction of sp³-hybridized carbons (Fsp3) is 0.840. The fourth-order valence-corrected chi connectivity index (χ4v) is 8.23. The van der Waals surface area contributed by atoms with Crippen LogP contribution >= 0.6 is 0 Å². The summed E-state index contributed by atoms with van der Waals surface area (Å²) in [6, 6.07) is 0. The van der Waals surface area contributed by atoms with Crippen LogP contribution in [0.3, 0.4) is 0 Å². The average Bonchev–Trinajstić information content (AvgIpc) is 2.96. The number of Topliss-reactive ketones (excluding diaryl/α,β-unsaturated/α-hetero) is 2. The highest BCUT2D eigenvalue weighted by Gasteiger charge is 2.61. The molecule has 3 fully saturated rings. The number of allylic oxidation sites excluding steroid dienone is 2. The van der Waals surface area contributed by atoms with E-state index < -0.39 is 9.04 Å². The third-order valence-corrected chi connectivity index (χ3v) is 9.29. The lowest BCUT2D eigenvalue weighted by atomic mass is 9.45. The lowest BCUT2D eigenvalue weighted by Gasteiger charge is -2.59. The summed E-state index contributed by atoms with van der Waals surface area (Å²) in [4.78, 5) is 25.4. The van der Waals surface area contributed by atoms with Crippen LogP contribution in [-0.2, 0) is 14.0 Å². The Balaban J connectivity index is 1.70. The van der Waals surface area contributed by atoms with E-state index in [0.29, 0.717) is 42.3 Å². The molecule has 4 rings (SSSR count). The molecule has 4 aliphatic carbocycles. The van der Waals surface area contributed by atoms with E-state index in [1.165, 1.54) is 12.0 Å². The Hall–Kier alpha value is -0.743. The van der Waals surface area contributed by atoms with E-state index in [-0.39, 0.29) is 16.2 Å². The smallest absolute Gasteiger partial charge is 0.204 e. The van der Waals surface area contributed by atoms with Gasteiger partial charge in [0.05, 0.1) is 5.41 Å². The van der Waals surface area contributed by atoms with Gasteiger partial charge in [0.25, 0.3) is 0 Å². The molecule has 3 saturated carbocycles. The monoisotopic (exact) mass is 415 g/mol. The molecule has 4 aliphatic rings. The second kappa shape index (κ2) is 7.44. The van der Waals surface area contributed by atoms with Crippen LogP contribution in [0.5, 0.6) is 0 Å². The molecule has 0 aromatic heterocycles. The molecule has 3 nitrogen and oxygen atoms in total. The molecule has 0 spiro atoms. The minimum absolute atomic E-state index is 0.179. The molecule has 0 unspecified atom stereocenters. The summed E-state index contributed by atoms with van der Waals surface area (Å²) < 4.78 is 6.18. The Morgan fingerprint density at radius 3 is 2.48 bits per heavy atom. The van der Waals surface area contributed by atoms with Crippen LogP contribution < -0.4 is 0 Å². The predicted molar refractivity (Wildman–Crippen MR) is 118 cm³/mol. The molecule has 0 aromatic rings. The van der Waals surface area contributed by atoms with Crippen LogP contribution in [-0.4, -0.2) is 27.2 Å². The van der Waals surface area contributed by atoms with Gasteiger partial charge in [-0.1, -0.05) is 32.4 Å². The van der Waals surface area contributed by atoms with Crippen molar-refractivity contribution in [3.8, 4) is 0 Å². The number of hydrogen-bond acceptors (Lipinski definition) is 3. The van der Waals surface area contributed by atoms with Crippen LogP contribution in [0.25, 0.3) is 0 Å². The third kappa shape index (κ3) is 3.63. The third-order valence-electron chi connectivity index (χ3n) is 8.57. The van der Waals surface area contributed by atoms with Gasteiger partial charge in [0.15, 0.2) is 0 Å².